The summed E-state index contributed by atoms with van der Waals surface area (Å²) in [7, 11) is 2.18. The van der Waals surface area contributed by atoms with Crippen molar-refractivity contribution in [2.75, 3.05) is 46.3 Å². The highest BCUT2D eigenvalue weighted by Crippen LogP contribution is 2.26. The van der Waals surface area contributed by atoms with E-state index in [1.54, 1.807) is 0 Å². The first-order valence-electron chi connectivity index (χ1n) is 10.4. The summed E-state index contributed by atoms with van der Waals surface area (Å²) in [4.78, 5) is 19.6. The Kier molecular flexibility index (Phi) is 5.08. The molecule has 0 radical (unpaired) electrons. The summed E-state index contributed by atoms with van der Waals surface area (Å²) >= 11 is 0. The third-order valence-electron chi connectivity index (χ3n) is 6.61. The zero-order valence-corrected chi connectivity index (χ0v) is 16.6. The molecule has 1 aromatic carbocycles. The fourth-order valence-electron chi connectivity index (χ4n) is 4.86. The lowest BCUT2D eigenvalue weighted by atomic mass is 9.89. The quantitative estimate of drug-likeness (QED) is 0.632. The van der Waals surface area contributed by atoms with Crippen LogP contribution in [-0.2, 0) is 11.3 Å². The molecule has 8 nitrogen and oxygen atoms in total. The minimum atomic E-state index is 0.0966. The fourth-order valence-corrected chi connectivity index (χ4v) is 4.86. The first-order valence-corrected chi connectivity index (χ1v) is 10.4. The minimum Gasteiger partial charge on any atom is -0.338 e. The summed E-state index contributed by atoms with van der Waals surface area (Å²) in [5.41, 5.74) is 4.85. The molecule has 1 aromatic rings. The molecule has 4 heterocycles. The first kappa shape index (κ1) is 18.5. The molecule has 4 aliphatic heterocycles. The average molecular weight is 386 g/mol. The van der Waals surface area contributed by atoms with Crippen molar-refractivity contribution in [3.05, 3.63) is 35.9 Å². The highest BCUT2D eigenvalue weighted by molar-refractivity contribution is 5.78. The molecule has 3 N–H and O–H groups in total. The topological polar surface area (TPSA) is 66.1 Å². The molecule has 4 atom stereocenters. The van der Waals surface area contributed by atoms with E-state index in [2.05, 4.69) is 50.0 Å². The number of amides is 1. The monoisotopic (exact) mass is 385 g/mol. The maximum atomic E-state index is 12.7. The number of nitrogens with zero attached hydrogens (tertiary/aromatic N) is 4. The molecular weight excluding hydrogens is 354 g/mol. The smallest absolute Gasteiger partial charge is 0.224 e. The van der Waals surface area contributed by atoms with Crippen molar-refractivity contribution in [3.63, 3.8) is 0 Å². The zero-order chi connectivity index (χ0) is 19.1. The van der Waals surface area contributed by atoms with Gasteiger partial charge in [0, 0.05) is 64.2 Å². The number of nitrogens with one attached hydrogen (secondary N) is 3. The number of likely N-dealkylation sites (N-methyl/N-ethyl adjacent to an activating group) is 1. The SMILES string of the molecule is CN1CCN(C2NC3NC4CC(=O)N(Cc5ccccc5)CC4CN3N2)CC1. The summed E-state index contributed by atoms with van der Waals surface area (Å²) in [6.07, 6.45) is 0.852. The number of fused-ring (bicyclic) bond motifs is 2. The van der Waals surface area contributed by atoms with Gasteiger partial charge in [0.15, 0.2) is 0 Å². The summed E-state index contributed by atoms with van der Waals surface area (Å²) in [5, 5.41) is 9.63. The van der Waals surface area contributed by atoms with Crippen LogP contribution in [-0.4, -0.2) is 90.6 Å². The number of rotatable bonds is 3. The Morgan fingerprint density at radius 3 is 2.57 bits per heavy atom. The van der Waals surface area contributed by atoms with Crippen molar-refractivity contribution >= 4 is 5.91 Å². The van der Waals surface area contributed by atoms with E-state index in [1.807, 2.05) is 23.1 Å². The maximum Gasteiger partial charge on any atom is 0.224 e. The molecule has 152 valence electrons. The fraction of sp³-hybridized carbons (Fsp3) is 0.650. The standard InChI is InChI=1S/C20H31N7O/c1-24-7-9-25(10-8-24)20-22-19-21-17-11-18(28)26(12-15-5-3-2-4-6-15)13-16(17)14-27(19)23-20/h2-6,16-17,19-23H,7-14H2,1H3. The summed E-state index contributed by atoms with van der Waals surface area (Å²) in [5.74, 6) is 0.700. The molecule has 4 saturated heterocycles. The predicted molar refractivity (Wildman–Crippen MR) is 107 cm³/mol. The van der Waals surface area contributed by atoms with Crippen molar-refractivity contribution in [3.8, 4) is 0 Å². The van der Waals surface area contributed by atoms with Crippen LogP contribution in [0.5, 0.6) is 0 Å². The third kappa shape index (κ3) is 3.68. The summed E-state index contributed by atoms with van der Waals surface area (Å²) in [6.45, 7) is 6.82. The van der Waals surface area contributed by atoms with E-state index in [-0.39, 0.29) is 24.5 Å². The van der Waals surface area contributed by atoms with Crippen molar-refractivity contribution < 1.29 is 4.79 Å². The van der Waals surface area contributed by atoms with Crippen molar-refractivity contribution in [2.24, 2.45) is 5.92 Å². The Balaban J connectivity index is 1.21. The van der Waals surface area contributed by atoms with E-state index in [1.165, 1.54) is 5.56 Å². The Labute approximate surface area is 166 Å². The number of piperazine rings is 1. The van der Waals surface area contributed by atoms with E-state index < -0.39 is 0 Å². The highest BCUT2D eigenvalue weighted by atomic mass is 16.2. The number of hydrogen-bond donors (Lipinski definition) is 3. The van der Waals surface area contributed by atoms with E-state index >= 15 is 0 Å². The first-order chi connectivity index (χ1) is 13.7. The molecule has 0 saturated carbocycles. The average Bonchev–Trinajstić information content (AvgIpc) is 3.11. The number of piperidine rings is 1. The van der Waals surface area contributed by atoms with Gasteiger partial charge in [-0.15, -0.1) is 0 Å². The second kappa shape index (κ2) is 7.70. The molecule has 28 heavy (non-hydrogen) atoms. The minimum absolute atomic E-state index is 0.0966. The normalized spacial score (nSPS) is 35.0. The lowest BCUT2D eigenvalue weighted by Gasteiger charge is -2.46. The molecule has 0 spiro atoms. The van der Waals surface area contributed by atoms with E-state index in [0.29, 0.717) is 18.9 Å². The number of carbonyl (C=O) groups is 1. The van der Waals surface area contributed by atoms with Gasteiger partial charge in [-0.3, -0.25) is 20.3 Å². The molecule has 0 aromatic heterocycles. The van der Waals surface area contributed by atoms with Gasteiger partial charge in [0.2, 0.25) is 5.91 Å². The largest absolute Gasteiger partial charge is 0.338 e. The van der Waals surface area contributed by atoms with Crippen molar-refractivity contribution in [1.29, 1.82) is 0 Å². The van der Waals surface area contributed by atoms with Gasteiger partial charge in [-0.2, -0.15) is 0 Å². The maximum absolute atomic E-state index is 12.7. The van der Waals surface area contributed by atoms with Crippen LogP contribution in [0.3, 0.4) is 0 Å². The number of carbonyl (C=O) groups excluding carboxylic acids is 1. The van der Waals surface area contributed by atoms with Crippen LogP contribution < -0.4 is 16.1 Å². The van der Waals surface area contributed by atoms with Crippen LogP contribution in [0.15, 0.2) is 30.3 Å². The molecule has 5 rings (SSSR count). The van der Waals surface area contributed by atoms with Gasteiger partial charge in [0.1, 0.15) is 12.6 Å². The Hall–Kier alpha value is -1.55. The summed E-state index contributed by atoms with van der Waals surface area (Å²) in [6, 6.07) is 10.5. The van der Waals surface area contributed by atoms with Crippen LogP contribution in [0.4, 0.5) is 0 Å². The molecule has 4 unspecified atom stereocenters. The molecule has 4 fully saturated rings. The second-order valence-electron chi connectivity index (χ2n) is 8.59. The van der Waals surface area contributed by atoms with Gasteiger partial charge in [0.25, 0.3) is 0 Å². The third-order valence-corrected chi connectivity index (χ3v) is 6.61. The van der Waals surface area contributed by atoms with Crippen molar-refractivity contribution in [2.45, 2.75) is 31.6 Å². The van der Waals surface area contributed by atoms with Gasteiger partial charge in [-0.1, -0.05) is 30.3 Å². The van der Waals surface area contributed by atoms with E-state index in [9.17, 15) is 4.79 Å². The lowest BCUT2D eigenvalue weighted by Crippen LogP contribution is -2.66. The zero-order valence-electron chi connectivity index (χ0n) is 16.6. The van der Waals surface area contributed by atoms with Crippen LogP contribution in [0, 0.1) is 5.92 Å². The molecule has 1 amide bonds. The van der Waals surface area contributed by atoms with Gasteiger partial charge < -0.3 is 9.80 Å². The van der Waals surface area contributed by atoms with Gasteiger partial charge in [0.05, 0.1) is 0 Å². The van der Waals surface area contributed by atoms with E-state index in [4.69, 9.17) is 0 Å². The molecule has 4 aliphatic rings. The molecule has 0 bridgehead atoms. The highest BCUT2D eigenvalue weighted by Gasteiger charge is 2.45. The van der Waals surface area contributed by atoms with E-state index in [0.717, 1.165) is 39.3 Å². The summed E-state index contributed by atoms with van der Waals surface area (Å²) < 4.78 is 0. The number of benzene rings is 1. The van der Waals surface area contributed by atoms with Gasteiger partial charge >= 0.3 is 0 Å². The van der Waals surface area contributed by atoms with Crippen LogP contribution in [0.25, 0.3) is 0 Å². The predicted octanol–water partition coefficient (Wildman–Crippen LogP) is -0.769. The van der Waals surface area contributed by atoms with Crippen LogP contribution in [0.1, 0.15) is 12.0 Å². The second-order valence-corrected chi connectivity index (χ2v) is 8.59. The molecular formula is C20H31N7O. The number of likely N-dealkylation sites (tertiary alicyclic amines) is 1. The molecule has 0 aliphatic carbocycles. The Morgan fingerprint density at radius 1 is 1.00 bits per heavy atom. The van der Waals surface area contributed by atoms with Gasteiger partial charge in [-0.05, 0) is 12.6 Å². The number of hydrogen-bond acceptors (Lipinski definition) is 7. The van der Waals surface area contributed by atoms with Crippen LogP contribution in [0.2, 0.25) is 0 Å². The Bertz CT molecular complexity index is 693. The van der Waals surface area contributed by atoms with Crippen LogP contribution >= 0.6 is 0 Å². The van der Waals surface area contributed by atoms with Crippen molar-refractivity contribution in [1.82, 2.24) is 35.8 Å². The lowest BCUT2D eigenvalue weighted by molar-refractivity contribution is -0.139. The Morgan fingerprint density at radius 2 is 1.79 bits per heavy atom. The van der Waals surface area contributed by atoms with Gasteiger partial charge in [-0.25, -0.2) is 10.4 Å². The number of hydrazine groups is 1. The molecule has 8 heteroatoms.